The van der Waals surface area contributed by atoms with Crippen LogP contribution >= 0.6 is 0 Å². The van der Waals surface area contributed by atoms with Crippen molar-refractivity contribution in [2.24, 2.45) is 16.1 Å². The number of alkyl carbamates (subject to hydrolysis) is 1. The first kappa shape index (κ1) is 21.9. The van der Waals surface area contributed by atoms with Crippen molar-refractivity contribution in [2.75, 3.05) is 13.7 Å². The van der Waals surface area contributed by atoms with Gasteiger partial charge >= 0.3 is 18.0 Å². The second-order valence-corrected chi connectivity index (χ2v) is 6.92. The van der Waals surface area contributed by atoms with Gasteiger partial charge < -0.3 is 14.2 Å². The lowest BCUT2D eigenvalue weighted by molar-refractivity contribution is -0.155. The van der Waals surface area contributed by atoms with Gasteiger partial charge in [-0.25, -0.2) is 9.59 Å². The van der Waals surface area contributed by atoms with Crippen molar-refractivity contribution in [3.8, 4) is 0 Å². The summed E-state index contributed by atoms with van der Waals surface area (Å²) >= 11 is 0. The van der Waals surface area contributed by atoms with Crippen molar-refractivity contribution in [1.82, 2.24) is 5.32 Å². The Labute approximate surface area is 179 Å². The van der Waals surface area contributed by atoms with Crippen LogP contribution in [0.15, 0.2) is 70.9 Å². The lowest BCUT2D eigenvalue weighted by Gasteiger charge is -2.29. The van der Waals surface area contributed by atoms with E-state index in [2.05, 4.69) is 15.5 Å². The van der Waals surface area contributed by atoms with Crippen LogP contribution in [0, 0.1) is 5.92 Å². The van der Waals surface area contributed by atoms with Crippen LogP contribution in [-0.2, 0) is 37.0 Å². The minimum absolute atomic E-state index is 0.000623. The third kappa shape index (κ3) is 5.65. The molecule has 1 N–H and O–H groups in total. The average molecular weight is 425 g/mol. The molecule has 0 saturated heterocycles. The summed E-state index contributed by atoms with van der Waals surface area (Å²) < 4.78 is 15.3. The van der Waals surface area contributed by atoms with Gasteiger partial charge in [0.2, 0.25) is 0 Å². The van der Waals surface area contributed by atoms with E-state index >= 15 is 0 Å². The molecule has 0 aromatic heterocycles. The summed E-state index contributed by atoms with van der Waals surface area (Å²) in [5.74, 6) is -2.16. The summed E-state index contributed by atoms with van der Waals surface area (Å²) in [6.07, 6.45) is -1.06. The van der Waals surface area contributed by atoms with Crippen LogP contribution in [0.5, 0.6) is 0 Å². The number of amides is 1. The first-order valence-electron chi connectivity index (χ1n) is 9.69. The molecule has 2 aromatic rings. The molecule has 3 rings (SSSR count). The van der Waals surface area contributed by atoms with E-state index in [-0.39, 0.29) is 26.2 Å². The lowest BCUT2D eigenvalue weighted by atomic mass is 9.91. The number of nitrogens with one attached hydrogen (secondary N) is 1. The van der Waals surface area contributed by atoms with Gasteiger partial charge in [-0.05, 0) is 11.1 Å². The molecule has 0 bridgehead atoms. The van der Waals surface area contributed by atoms with Gasteiger partial charge in [0.05, 0.1) is 20.1 Å². The fourth-order valence-electron chi connectivity index (χ4n) is 3.09. The molecule has 0 radical (unpaired) electrons. The maximum atomic E-state index is 13.0. The number of nitrogens with zero attached hydrogens (tertiary/aromatic N) is 2. The number of benzene rings is 2. The fourth-order valence-corrected chi connectivity index (χ4v) is 3.09. The normalized spacial score (nSPS) is 19.5. The Hall–Kier alpha value is -3.75. The lowest BCUT2D eigenvalue weighted by Crippen LogP contribution is -2.58. The Morgan fingerprint density at radius 1 is 0.968 bits per heavy atom. The van der Waals surface area contributed by atoms with E-state index < -0.39 is 29.6 Å². The SMILES string of the molecule is COC(=O)C[C@@H]1CN=N[C@@]1(NC(=O)OCc1ccccc1)C(=O)OCc1ccccc1. The predicted molar refractivity (Wildman–Crippen MR) is 109 cm³/mol. The second kappa shape index (κ2) is 10.3. The van der Waals surface area contributed by atoms with Crippen molar-refractivity contribution >= 4 is 18.0 Å². The molecule has 2 atom stereocenters. The average Bonchev–Trinajstić information content (AvgIpc) is 3.20. The smallest absolute Gasteiger partial charge is 0.409 e. The molecule has 0 aliphatic carbocycles. The number of azo groups is 1. The number of rotatable bonds is 8. The van der Waals surface area contributed by atoms with Gasteiger partial charge in [0.1, 0.15) is 13.2 Å². The quantitative estimate of drug-likeness (QED) is 0.513. The standard InChI is InChI=1S/C22H23N3O6/c1-29-19(26)12-18-13-23-25-22(18,20(27)30-14-16-8-4-2-5-9-16)24-21(28)31-15-17-10-6-3-7-11-17/h2-11,18H,12-15H2,1H3,(H,24,28)/t18-,22-/m1/s1. The van der Waals surface area contributed by atoms with Crippen molar-refractivity contribution in [2.45, 2.75) is 25.3 Å². The zero-order valence-electron chi connectivity index (χ0n) is 17.0. The largest absolute Gasteiger partial charge is 0.469 e. The van der Waals surface area contributed by atoms with Gasteiger partial charge in [-0.1, -0.05) is 60.7 Å². The van der Waals surface area contributed by atoms with Crippen molar-refractivity contribution in [3.63, 3.8) is 0 Å². The maximum absolute atomic E-state index is 13.0. The van der Waals surface area contributed by atoms with Crippen LogP contribution < -0.4 is 5.32 Å². The predicted octanol–water partition coefficient (Wildman–Crippen LogP) is 3.00. The summed E-state index contributed by atoms with van der Waals surface area (Å²) in [7, 11) is 1.24. The number of esters is 2. The molecule has 162 valence electrons. The highest BCUT2D eigenvalue weighted by molar-refractivity contribution is 5.87. The van der Waals surface area contributed by atoms with E-state index in [0.29, 0.717) is 0 Å². The molecule has 9 nitrogen and oxygen atoms in total. The van der Waals surface area contributed by atoms with Crippen molar-refractivity contribution in [1.29, 1.82) is 0 Å². The monoisotopic (exact) mass is 425 g/mol. The Morgan fingerprint density at radius 3 is 2.13 bits per heavy atom. The number of hydrogen-bond acceptors (Lipinski definition) is 8. The molecule has 1 aliphatic heterocycles. The molecule has 0 saturated carbocycles. The van der Waals surface area contributed by atoms with Crippen LogP contribution in [0.4, 0.5) is 4.79 Å². The minimum Gasteiger partial charge on any atom is -0.469 e. The molecule has 0 unspecified atom stereocenters. The van der Waals surface area contributed by atoms with Gasteiger partial charge in [-0.3, -0.25) is 10.1 Å². The van der Waals surface area contributed by atoms with Crippen LogP contribution in [0.25, 0.3) is 0 Å². The highest BCUT2D eigenvalue weighted by Gasteiger charge is 2.53. The van der Waals surface area contributed by atoms with Crippen LogP contribution in [-0.4, -0.2) is 37.3 Å². The first-order chi connectivity index (χ1) is 15.0. The van der Waals surface area contributed by atoms with E-state index in [1.165, 1.54) is 7.11 Å². The molecule has 0 fully saturated rings. The minimum atomic E-state index is -1.88. The number of ether oxygens (including phenoxy) is 3. The number of hydrogen-bond donors (Lipinski definition) is 1. The summed E-state index contributed by atoms with van der Waals surface area (Å²) in [5, 5.41) is 10.3. The van der Waals surface area contributed by atoms with E-state index in [1.54, 1.807) is 24.3 Å². The third-order valence-corrected chi connectivity index (χ3v) is 4.79. The maximum Gasteiger partial charge on any atom is 0.409 e. The van der Waals surface area contributed by atoms with Gasteiger partial charge in [0.25, 0.3) is 5.66 Å². The van der Waals surface area contributed by atoms with Gasteiger partial charge in [-0.15, -0.1) is 0 Å². The second-order valence-electron chi connectivity index (χ2n) is 6.92. The molecule has 2 aromatic carbocycles. The Morgan fingerprint density at radius 2 is 1.55 bits per heavy atom. The van der Waals surface area contributed by atoms with Crippen LogP contribution in [0.2, 0.25) is 0 Å². The molecule has 1 amide bonds. The topological polar surface area (TPSA) is 116 Å². The molecule has 1 heterocycles. The molecular weight excluding hydrogens is 402 g/mol. The van der Waals surface area contributed by atoms with E-state index in [0.717, 1.165) is 11.1 Å². The number of methoxy groups -OCH3 is 1. The zero-order chi connectivity index (χ0) is 22.1. The Balaban J connectivity index is 1.73. The first-order valence-corrected chi connectivity index (χ1v) is 9.69. The third-order valence-electron chi connectivity index (χ3n) is 4.79. The van der Waals surface area contributed by atoms with Crippen LogP contribution in [0.1, 0.15) is 17.5 Å². The van der Waals surface area contributed by atoms with E-state index in [9.17, 15) is 14.4 Å². The highest BCUT2D eigenvalue weighted by atomic mass is 16.6. The molecule has 0 spiro atoms. The zero-order valence-corrected chi connectivity index (χ0v) is 17.0. The van der Waals surface area contributed by atoms with Gasteiger partial charge in [0.15, 0.2) is 0 Å². The summed E-state index contributed by atoms with van der Waals surface area (Å²) in [5.41, 5.74) is -0.342. The summed E-state index contributed by atoms with van der Waals surface area (Å²) in [6, 6.07) is 18.1. The van der Waals surface area contributed by atoms with Crippen molar-refractivity contribution < 1.29 is 28.6 Å². The summed E-state index contributed by atoms with van der Waals surface area (Å²) in [4.78, 5) is 37.4. The molecular formula is C22H23N3O6. The van der Waals surface area contributed by atoms with E-state index in [4.69, 9.17) is 14.2 Å². The fraction of sp³-hybridized carbons (Fsp3) is 0.318. The van der Waals surface area contributed by atoms with Gasteiger partial charge in [0, 0.05) is 5.92 Å². The number of carbonyl (C=O) groups is 3. The molecule has 31 heavy (non-hydrogen) atoms. The Bertz CT molecular complexity index is 935. The van der Waals surface area contributed by atoms with E-state index in [1.807, 2.05) is 36.4 Å². The van der Waals surface area contributed by atoms with Crippen molar-refractivity contribution in [3.05, 3.63) is 71.8 Å². The Kier molecular flexibility index (Phi) is 7.31. The summed E-state index contributed by atoms with van der Waals surface area (Å²) in [6.45, 7) is 0.0256. The van der Waals surface area contributed by atoms with Gasteiger partial charge in [-0.2, -0.15) is 10.2 Å². The highest BCUT2D eigenvalue weighted by Crippen LogP contribution is 2.32. The molecule has 9 heteroatoms. The number of carbonyl (C=O) groups excluding carboxylic acids is 3. The molecule has 1 aliphatic rings. The van der Waals surface area contributed by atoms with Crippen LogP contribution in [0.3, 0.4) is 0 Å².